The van der Waals surface area contributed by atoms with E-state index >= 15 is 0 Å². The molecule has 18 heteroatoms. The molecule has 4 heterocycles. The molecule has 0 saturated carbocycles. The van der Waals surface area contributed by atoms with Crippen molar-refractivity contribution in [1.82, 2.24) is 25.1 Å². The van der Waals surface area contributed by atoms with Crippen molar-refractivity contribution in [1.29, 1.82) is 0 Å². The highest BCUT2D eigenvalue weighted by Gasteiger charge is 2.51. The van der Waals surface area contributed by atoms with E-state index in [1.54, 1.807) is 66.0 Å². The van der Waals surface area contributed by atoms with E-state index in [9.17, 15) is 33.6 Å². The van der Waals surface area contributed by atoms with Crippen LogP contribution in [0.5, 0.6) is 0 Å². The molecule has 6 N–H and O–H groups in total. The van der Waals surface area contributed by atoms with E-state index < -0.39 is 76.1 Å². The van der Waals surface area contributed by atoms with Gasteiger partial charge in [-0.25, -0.2) is 19.4 Å². The Hall–Kier alpha value is -5.52. The normalized spacial score (nSPS) is 16.8. The quantitative estimate of drug-likeness (QED) is 0.0736. The minimum atomic E-state index is -1.99. The van der Waals surface area contributed by atoms with Gasteiger partial charge in [0.1, 0.15) is 24.3 Å². The second kappa shape index (κ2) is 17.6. The summed E-state index contributed by atoms with van der Waals surface area (Å²) in [6, 6.07) is 6.08. The topological polar surface area (TPSA) is 244 Å². The van der Waals surface area contributed by atoms with Gasteiger partial charge in [0, 0.05) is 34.1 Å². The minimum Gasteiger partial charge on any atom is -0.457 e. The zero-order valence-corrected chi connectivity index (χ0v) is 36.8. The third-order valence-corrected chi connectivity index (χ3v) is 11.2. The molecule has 2 aliphatic rings. The van der Waals surface area contributed by atoms with Crippen LogP contribution in [-0.4, -0.2) is 81.1 Å². The summed E-state index contributed by atoms with van der Waals surface area (Å²) in [5.74, 6) is -3.70. The van der Waals surface area contributed by atoms with Crippen molar-refractivity contribution in [3.8, 4) is 11.4 Å². The Labute approximate surface area is 356 Å². The molecule has 3 atom stereocenters. The Morgan fingerprint density at radius 3 is 2.40 bits per heavy atom. The summed E-state index contributed by atoms with van der Waals surface area (Å²) in [4.78, 5) is 99.9. The van der Waals surface area contributed by atoms with E-state index in [0.29, 0.717) is 16.9 Å². The largest absolute Gasteiger partial charge is 0.457 e. The maximum absolute atomic E-state index is 14.5. The molecule has 60 heavy (non-hydrogen) atoms. The van der Waals surface area contributed by atoms with Crippen molar-refractivity contribution in [3.05, 3.63) is 61.8 Å². The number of halogens is 1. The number of nitrogens with zero attached hydrogens (tertiary/aromatic N) is 3. The molecule has 0 aliphatic carbocycles. The van der Waals surface area contributed by atoms with Crippen LogP contribution >= 0.6 is 15.9 Å². The van der Waals surface area contributed by atoms with Crippen LogP contribution in [0.3, 0.4) is 0 Å². The summed E-state index contributed by atoms with van der Waals surface area (Å²) >= 11 is 3.58. The number of pyridine rings is 2. The second-order valence-corrected chi connectivity index (χ2v) is 18.2. The summed E-state index contributed by atoms with van der Waals surface area (Å²) in [6.45, 7) is 13.2. The lowest BCUT2D eigenvalue weighted by Crippen LogP contribution is -2.59. The number of esters is 2. The first-order chi connectivity index (χ1) is 28.0. The average molecular weight is 897 g/mol. The zero-order valence-electron chi connectivity index (χ0n) is 35.2. The van der Waals surface area contributed by atoms with Gasteiger partial charge in [-0.1, -0.05) is 56.6 Å². The Morgan fingerprint density at radius 1 is 1.08 bits per heavy atom. The summed E-state index contributed by atoms with van der Waals surface area (Å²) in [7, 11) is 0. The smallest absolute Gasteiger partial charge is 0.408 e. The molecule has 1 aromatic carbocycles. The second-order valence-electron chi connectivity index (χ2n) is 17.4. The van der Waals surface area contributed by atoms with Gasteiger partial charge in [0.2, 0.25) is 17.4 Å². The first-order valence-corrected chi connectivity index (χ1v) is 20.6. The van der Waals surface area contributed by atoms with Crippen LogP contribution in [-0.2, 0) is 52.1 Å². The number of nitrogens with two attached hydrogens (primary N) is 2. The fraction of sp³-hybridized carbons (Fsp3) is 0.524. The Bertz CT molecular complexity index is 2280. The van der Waals surface area contributed by atoms with Crippen molar-refractivity contribution in [3.63, 3.8) is 0 Å². The van der Waals surface area contributed by atoms with Crippen molar-refractivity contribution < 1.29 is 43.0 Å². The van der Waals surface area contributed by atoms with Gasteiger partial charge >= 0.3 is 24.1 Å². The number of alkyl carbamates (subject to hydrolysis) is 1. The van der Waals surface area contributed by atoms with Crippen molar-refractivity contribution in [2.45, 2.75) is 118 Å². The number of fused-ring (bicyclic) bond motifs is 5. The number of rotatable bonds is 15. The number of ether oxygens (including phenoxy) is 3. The molecule has 0 bridgehead atoms. The predicted molar refractivity (Wildman–Crippen MR) is 224 cm³/mol. The van der Waals surface area contributed by atoms with E-state index in [-0.39, 0.29) is 63.1 Å². The molecule has 0 radical (unpaired) electrons. The summed E-state index contributed by atoms with van der Waals surface area (Å²) < 4.78 is 19.5. The van der Waals surface area contributed by atoms with Gasteiger partial charge in [0.15, 0.2) is 0 Å². The van der Waals surface area contributed by atoms with Crippen molar-refractivity contribution >= 4 is 62.7 Å². The lowest BCUT2D eigenvalue weighted by atomic mass is 9.84. The molecule has 17 nitrogen and oxygen atoms in total. The van der Waals surface area contributed by atoms with E-state index in [1.807, 2.05) is 24.3 Å². The lowest BCUT2D eigenvalue weighted by Gasteiger charge is -2.40. The molecule has 3 aromatic rings. The molecule has 0 fully saturated rings. The number of carbonyl (C=O) groups excluding carboxylic acids is 6. The third kappa shape index (κ3) is 9.74. The van der Waals surface area contributed by atoms with Crippen LogP contribution in [0.25, 0.3) is 22.3 Å². The van der Waals surface area contributed by atoms with E-state index in [1.165, 1.54) is 4.90 Å². The standard InChI is InChI=1S/C42H54BrN7O10/c1-9-42(26-17-30-33-23(16-24-27(43)12-10-13-28(24)47-33)19-49(30)35(53)25(26)20-58-37(42)55)59-31(51)18-41(7,8)21-50(29(34(44)52)14-11-15-46-38(45)56)36(54)32(22(2)3)48-39(57)60-40(4,5)6/h10,12-13,16-17,22,29,32H,9,11,14-15,18-21H2,1-8H3,(H2,44,52)(H,48,57)(H3,45,46,56)/t29-,32-,42-/m0/s1. The maximum atomic E-state index is 14.5. The minimum absolute atomic E-state index is 0.00557. The molecule has 5 rings (SSSR count). The molecule has 0 spiro atoms. The number of nitrogens with one attached hydrogen (secondary N) is 2. The number of aromatic nitrogens is 2. The Balaban J connectivity index is 1.47. The van der Waals surface area contributed by atoms with Crippen LogP contribution in [0.1, 0.15) is 97.8 Å². The number of amides is 5. The van der Waals surface area contributed by atoms with Crippen LogP contribution in [0.4, 0.5) is 9.59 Å². The number of hydrogen-bond acceptors (Lipinski definition) is 11. The molecule has 5 amide bonds. The third-order valence-electron chi connectivity index (χ3n) is 10.5. The first kappa shape index (κ1) is 45.6. The van der Waals surface area contributed by atoms with Crippen LogP contribution in [0, 0.1) is 11.3 Å². The van der Waals surface area contributed by atoms with Crippen LogP contribution < -0.4 is 27.7 Å². The highest BCUT2D eigenvalue weighted by Crippen LogP contribution is 2.42. The maximum Gasteiger partial charge on any atom is 0.408 e. The molecule has 0 saturated heterocycles. The summed E-state index contributed by atoms with van der Waals surface area (Å²) in [5, 5.41) is 5.94. The number of hydrogen-bond donors (Lipinski definition) is 4. The molecule has 2 aromatic heterocycles. The van der Waals surface area contributed by atoms with Crippen LogP contribution in [0.2, 0.25) is 0 Å². The average Bonchev–Trinajstić information content (AvgIpc) is 3.50. The van der Waals surface area contributed by atoms with Crippen molar-refractivity contribution in [2.75, 3.05) is 13.1 Å². The SMILES string of the molecule is CC[C@@]1(OC(=O)CC(C)(C)CN(C(=O)[C@@H](NC(=O)OC(C)(C)C)C(C)C)[C@@H](CCCNC(N)=O)C(N)=O)C(=O)OCc2c1cc1n(c2=O)Cc2cc3c(Br)cccc3nc2-1. The highest BCUT2D eigenvalue weighted by molar-refractivity contribution is 9.10. The van der Waals surface area contributed by atoms with Gasteiger partial charge in [-0.15, -0.1) is 0 Å². The highest BCUT2D eigenvalue weighted by atomic mass is 79.9. The Kier molecular flexibility index (Phi) is 13.4. The predicted octanol–water partition coefficient (Wildman–Crippen LogP) is 4.49. The van der Waals surface area contributed by atoms with Gasteiger partial charge in [-0.3, -0.25) is 19.2 Å². The fourth-order valence-electron chi connectivity index (χ4n) is 7.69. The summed E-state index contributed by atoms with van der Waals surface area (Å²) in [5.41, 5.74) is 9.62. The van der Waals surface area contributed by atoms with Crippen LogP contribution in [0.15, 0.2) is 39.6 Å². The van der Waals surface area contributed by atoms with Gasteiger partial charge < -0.3 is 45.8 Å². The van der Waals surface area contributed by atoms with Crippen molar-refractivity contribution in [2.24, 2.45) is 22.8 Å². The van der Waals surface area contributed by atoms with E-state index in [0.717, 1.165) is 15.4 Å². The zero-order chi connectivity index (χ0) is 44.5. The number of benzene rings is 1. The Morgan fingerprint density at radius 2 is 1.78 bits per heavy atom. The monoisotopic (exact) mass is 895 g/mol. The first-order valence-electron chi connectivity index (χ1n) is 19.9. The molecular formula is C42H54BrN7O10. The molecular weight excluding hydrogens is 842 g/mol. The van der Waals surface area contributed by atoms with Gasteiger partial charge in [-0.2, -0.15) is 0 Å². The molecule has 2 aliphatic heterocycles. The van der Waals surface area contributed by atoms with Gasteiger partial charge in [0.25, 0.3) is 5.56 Å². The number of cyclic esters (lactones) is 1. The number of urea groups is 1. The number of carbonyl (C=O) groups is 6. The molecule has 324 valence electrons. The van der Waals surface area contributed by atoms with Gasteiger partial charge in [0.05, 0.1) is 35.4 Å². The van der Waals surface area contributed by atoms with E-state index in [2.05, 4.69) is 26.6 Å². The van der Waals surface area contributed by atoms with E-state index in [4.69, 9.17) is 30.7 Å². The number of primary amides is 2. The summed E-state index contributed by atoms with van der Waals surface area (Å²) in [6.07, 6.45) is -1.09. The van der Waals surface area contributed by atoms with Gasteiger partial charge in [-0.05, 0) is 75.6 Å². The molecule has 0 unspecified atom stereocenters. The lowest BCUT2D eigenvalue weighted by molar-refractivity contribution is -0.190. The fourth-order valence-corrected chi connectivity index (χ4v) is 8.16.